The van der Waals surface area contributed by atoms with Crippen LogP contribution in [0.2, 0.25) is 0 Å². The number of nitrogens with zero attached hydrogens (tertiary/aromatic N) is 1. The first kappa shape index (κ1) is 16.8. The number of nitrogens with one attached hydrogen (secondary N) is 1. The van der Waals surface area contributed by atoms with Gasteiger partial charge in [0.05, 0.1) is 7.11 Å². The molecule has 1 N–H and O–H groups in total. The summed E-state index contributed by atoms with van der Waals surface area (Å²) in [6, 6.07) is 12.8. The molecule has 0 aliphatic carbocycles. The highest BCUT2D eigenvalue weighted by molar-refractivity contribution is 5.91. The molecule has 0 saturated heterocycles. The lowest BCUT2D eigenvalue weighted by Gasteiger charge is -2.10. The van der Waals surface area contributed by atoms with Gasteiger partial charge in [0.2, 0.25) is 5.91 Å². The fraction of sp³-hybridized carbons (Fsp3) is 0.200. The summed E-state index contributed by atoms with van der Waals surface area (Å²) in [6.07, 6.45) is 1.63. The second-order valence-corrected chi connectivity index (χ2v) is 6.05. The molecule has 1 aromatic heterocycles. The summed E-state index contributed by atoms with van der Waals surface area (Å²) < 4.78 is 6.58. The number of aromatic nitrogens is 1. The van der Waals surface area contributed by atoms with Gasteiger partial charge in [0.15, 0.2) is 0 Å². The summed E-state index contributed by atoms with van der Waals surface area (Å²) in [4.78, 5) is 24.8. The monoisotopic (exact) mass is 336 g/mol. The van der Waals surface area contributed by atoms with Crippen molar-refractivity contribution in [2.75, 3.05) is 12.4 Å². The maximum absolute atomic E-state index is 12.6. The second kappa shape index (κ2) is 6.81. The van der Waals surface area contributed by atoms with Gasteiger partial charge in [-0.05, 0) is 66.8 Å². The van der Waals surface area contributed by atoms with Crippen LogP contribution in [0.15, 0.2) is 53.5 Å². The fourth-order valence-electron chi connectivity index (χ4n) is 2.69. The van der Waals surface area contributed by atoms with Crippen molar-refractivity contribution in [1.82, 2.24) is 4.57 Å². The van der Waals surface area contributed by atoms with Gasteiger partial charge in [-0.25, -0.2) is 0 Å². The van der Waals surface area contributed by atoms with Gasteiger partial charge in [-0.1, -0.05) is 6.07 Å². The van der Waals surface area contributed by atoms with Crippen LogP contribution in [0.5, 0.6) is 5.75 Å². The van der Waals surface area contributed by atoms with Gasteiger partial charge in [-0.15, -0.1) is 0 Å². The molecule has 25 heavy (non-hydrogen) atoms. The third kappa shape index (κ3) is 3.55. The number of amides is 1. The number of carbonyl (C=O) groups is 1. The van der Waals surface area contributed by atoms with Crippen molar-refractivity contribution in [2.45, 2.75) is 20.4 Å². The summed E-state index contributed by atoms with van der Waals surface area (Å²) in [7, 11) is 1.58. The number of pyridine rings is 1. The van der Waals surface area contributed by atoms with E-state index in [1.807, 2.05) is 38.1 Å². The Labute approximate surface area is 145 Å². The topological polar surface area (TPSA) is 60.3 Å². The first-order chi connectivity index (χ1) is 12.0. The molecule has 0 saturated carbocycles. The van der Waals surface area contributed by atoms with Crippen molar-refractivity contribution in [3.05, 3.63) is 70.1 Å². The maximum Gasteiger partial charge on any atom is 0.258 e. The molecule has 128 valence electrons. The number of anilines is 1. The first-order valence-electron chi connectivity index (χ1n) is 8.02. The predicted octanol–water partition coefficient (Wildman–Crippen LogP) is 3.27. The van der Waals surface area contributed by atoms with Crippen LogP contribution in [0.4, 0.5) is 5.69 Å². The highest BCUT2D eigenvalue weighted by Crippen LogP contribution is 2.18. The Morgan fingerprint density at radius 3 is 2.60 bits per heavy atom. The number of benzene rings is 2. The zero-order valence-electron chi connectivity index (χ0n) is 14.5. The molecule has 5 heteroatoms. The van der Waals surface area contributed by atoms with Crippen LogP contribution in [0.3, 0.4) is 0 Å². The molecule has 0 aliphatic rings. The van der Waals surface area contributed by atoms with Crippen LogP contribution >= 0.6 is 0 Å². The first-order valence-corrected chi connectivity index (χ1v) is 8.02. The third-order valence-corrected chi connectivity index (χ3v) is 4.29. The van der Waals surface area contributed by atoms with E-state index in [-0.39, 0.29) is 18.0 Å². The zero-order chi connectivity index (χ0) is 18.0. The molecule has 1 amide bonds. The number of carbonyl (C=O) groups excluding carboxylic acids is 1. The van der Waals surface area contributed by atoms with Crippen molar-refractivity contribution >= 4 is 22.4 Å². The number of methoxy groups -OCH3 is 1. The number of ether oxygens (including phenoxy) is 1. The number of fused-ring (bicyclic) bond motifs is 1. The van der Waals surface area contributed by atoms with E-state index in [2.05, 4.69) is 5.32 Å². The summed E-state index contributed by atoms with van der Waals surface area (Å²) >= 11 is 0. The van der Waals surface area contributed by atoms with Crippen molar-refractivity contribution in [3.63, 3.8) is 0 Å². The van der Waals surface area contributed by atoms with Gasteiger partial charge < -0.3 is 14.6 Å². The number of hydrogen-bond acceptors (Lipinski definition) is 3. The molecule has 2 aromatic carbocycles. The van der Waals surface area contributed by atoms with Crippen LogP contribution in [-0.2, 0) is 11.3 Å². The molecular formula is C20H20N2O3. The van der Waals surface area contributed by atoms with Gasteiger partial charge >= 0.3 is 0 Å². The normalized spacial score (nSPS) is 10.7. The average molecular weight is 336 g/mol. The van der Waals surface area contributed by atoms with Gasteiger partial charge in [0, 0.05) is 17.3 Å². The molecule has 3 aromatic rings. The van der Waals surface area contributed by atoms with Crippen molar-refractivity contribution in [2.24, 2.45) is 0 Å². The number of rotatable bonds is 4. The van der Waals surface area contributed by atoms with Crippen molar-refractivity contribution in [1.29, 1.82) is 0 Å². The standard InChI is InChI=1S/C20H20N2O3/c1-13-4-5-16(10-14(13)2)21-19(23)12-22-9-8-15-11-17(25-3)6-7-18(15)20(22)24/h4-11H,12H2,1-3H3,(H,21,23). The Kier molecular flexibility index (Phi) is 4.57. The number of aryl methyl sites for hydroxylation is 2. The van der Waals surface area contributed by atoms with Crippen LogP contribution < -0.4 is 15.6 Å². The molecule has 0 spiro atoms. The molecule has 0 radical (unpaired) electrons. The molecular weight excluding hydrogens is 316 g/mol. The van der Waals surface area contributed by atoms with E-state index in [1.165, 1.54) is 10.1 Å². The Morgan fingerprint density at radius 1 is 1.08 bits per heavy atom. The van der Waals surface area contributed by atoms with E-state index in [9.17, 15) is 9.59 Å². The maximum atomic E-state index is 12.6. The summed E-state index contributed by atoms with van der Waals surface area (Å²) in [5, 5.41) is 4.18. The highest BCUT2D eigenvalue weighted by Gasteiger charge is 2.09. The van der Waals surface area contributed by atoms with E-state index < -0.39 is 0 Å². The van der Waals surface area contributed by atoms with Crippen LogP contribution in [0.25, 0.3) is 10.8 Å². The largest absolute Gasteiger partial charge is 0.497 e. The molecule has 3 rings (SSSR count). The fourth-order valence-corrected chi connectivity index (χ4v) is 2.69. The highest BCUT2D eigenvalue weighted by atomic mass is 16.5. The summed E-state index contributed by atoms with van der Waals surface area (Å²) in [5.41, 5.74) is 2.80. The molecule has 0 aliphatic heterocycles. The van der Waals surface area contributed by atoms with Crippen molar-refractivity contribution < 1.29 is 9.53 Å². The number of hydrogen-bond donors (Lipinski definition) is 1. The molecule has 1 heterocycles. The predicted molar refractivity (Wildman–Crippen MR) is 99.3 cm³/mol. The van der Waals surface area contributed by atoms with Crippen molar-refractivity contribution in [3.8, 4) is 5.75 Å². The Hall–Kier alpha value is -3.08. The van der Waals surface area contributed by atoms with Crippen LogP contribution in [-0.4, -0.2) is 17.6 Å². The minimum absolute atomic E-state index is 0.0340. The van der Waals surface area contributed by atoms with Crippen LogP contribution in [0.1, 0.15) is 11.1 Å². The lowest BCUT2D eigenvalue weighted by Crippen LogP contribution is -2.27. The molecule has 0 unspecified atom stereocenters. The SMILES string of the molecule is COc1ccc2c(=O)n(CC(=O)Nc3ccc(C)c(C)c3)ccc2c1. The molecule has 0 bridgehead atoms. The van der Waals surface area contributed by atoms with E-state index in [0.717, 1.165) is 16.6 Å². The Balaban J connectivity index is 1.82. The molecule has 5 nitrogen and oxygen atoms in total. The van der Waals surface area contributed by atoms with Gasteiger partial charge in [-0.3, -0.25) is 9.59 Å². The van der Waals surface area contributed by atoms with E-state index in [1.54, 1.807) is 31.5 Å². The summed E-state index contributed by atoms with van der Waals surface area (Å²) in [6.45, 7) is 3.98. The van der Waals surface area contributed by atoms with E-state index >= 15 is 0 Å². The smallest absolute Gasteiger partial charge is 0.258 e. The third-order valence-electron chi connectivity index (χ3n) is 4.29. The second-order valence-electron chi connectivity index (χ2n) is 6.05. The van der Waals surface area contributed by atoms with Gasteiger partial charge in [0.25, 0.3) is 5.56 Å². The minimum atomic E-state index is -0.238. The minimum Gasteiger partial charge on any atom is -0.497 e. The lowest BCUT2D eigenvalue weighted by molar-refractivity contribution is -0.116. The van der Waals surface area contributed by atoms with Gasteiger partial charge in [-0.2, -0.15) is 0 Å². The quantitative estimate of drug-likeness (QED) is 0.795. The van der Waals surface area contributed by atoms with E-state index in [0.29, 0.717) is 11.1 Å². The van der Waals surface area contributed by atoms with Gasteiger partial charge in [0.1, 0.15) is 12.3 Å². The average Bonchev–Trinajstić information content (AvgIpc) is 2.60. The van der Waals surface area contributed by atoms with E-state index in [4.69, 9.17) is 4.74 Å². The zero-order valence-corrected chi connectivity index (χ0v) is 14.5. The molecule has 0 fully saturated rings. The van der Waals surface area contributed by atoms with Crippen LogP contribution in [0, 0.1) is 13.8 Å². The lowest BCUT2D eigenvalue weighted by atomic mass is 10.1. The Morgan fingerprint density at radius 2 is 1.88 bits per heavy atom. The molecule has 0 atom stereocenters. The Bertz CT molecular complexity index is 1010. The summed E-state index contributed by atoms with van der Waals surface area (Å²) in [5.74, 6) is 0.454.